The molecular formula is C20H16Cl2N4O4. The van der Waals surface area contributed by atoms with Crippen LogP contribution in [0.15, 0.2) is 53.6 Å². The van der Waals surface area contributed by atoms with E-state index < -0.39 is 5.91 Å². The Morgan fingerprint density at radius 1 is 1.03 bits per heavy atom. The number of hydrazone groups is 1. The second kappa shape index (κ2) is 9.91. The van der Waals surface area contributed by atoms with Crippen molar-refractivity contribution in [3.05, 3.63) is 69.7 Å². The van der Waals surface area contributed by atoms with Crippen molar-refractivity contribution < 1.29 is 19.0 Å². The molecule has 0 saturated carbocycles. The van der Waals surface area contributed by atoms with Crippen LogP contribution in [-0.2, 0) is 0 Å². The first kappa shape index (κ1) is 21.4. The molecule has 0 radical (unpaired) electrons. The van der Waals surface area contributed by atoms with Crippen molar-refractivity contribution in [2.75, 3.05) is 14.2 Å². The number of methoxy groups -OCH3 is 2. The molecule has 0 atom stereocenters. The fourth-order valence-corrected chi connectivity index (χ4v) is 2.70. The Balaban J connectivity index is 1.77. The molecule has 1 amide bonds. The summed E-state index contributed by atoms with van der Waals surface area (Å²) < 4.78 is 16.0. The van der Waals surface area contributed by atoms with Gasteiger partial charge in [0.1, 0.15) is 5.75 Å². The third kappa shape index (κ3) is 5.16. The Labute approximate surface area is 182 Å². The molecule has 10 heteroatoms. The van der Waals surface area contributed by atoms with E-state index in [0.717, 1.165) is 0 Å². The topological polar surface area (TPSA) is 94.9 Å². The second-order valence-electron chi connectivity index (χ2n) is 5.68. The Bertz CT molecular complexity index is 1070. The van der Waals surface area contributed by atoms with Crippen LogP contribution in [-0.4, -0.2) is 36.3 Å². The molecule has 0 aliphatic heterocycles. The van der Waals surface area contributed by atoms with Gasteiger partial charge in [0.15, 0.2) is 0 Å². The number of carbonyl (C=O) groups is 1. The van der Waals surface area contributed by atoms with Gasteiger partial charge in [0, 0.05) is 5.56 Å². The highest BCUT2D eigenvalue weighted by atomic mass is 35.5. The molecule has 2 aromatic carbocycles. The van der Waals surface area contributed by atoms with Crippen LogP contribution in [0.1, 0.15) is 15.9 Å². The van der Waals surface area contributed by atoms with Gasteiger partial charge in [-0.1, -0.05) is 41.4 Å². The predicted molar refractivity (Wildman–Crippen MR) is 113 cm³/mol. The van der Waals surface area contributed by atoms with Crippen molar-refractivity contribution in [1.29, 1.82) is 0 Å². The molecule has 8 nitrogen and oxygen atoms in total. The first-order valence-electron chi connectivity index (χ1n) is 8.53. The lowest BCUT2D eigenvalue weighted by molar-refractivity contribution is 0.0955. The Morgan fingerprint density at radius 3 is 2.43 bits per heavy atom. The standard InChI is InChI=1S/C20H16Cl2N4O4/c1-28-16-10-17(29-2)25-20(24-16)30-15-9-4-3-6-12(15)11-23-26-19(27)13-7-5-8-14(21)18(13)22/h3-11H,1-2H3,(H,26,27). The Hall–Kier alpha value is -3.36. The van der Waals surface area contributed by atoms with Gasteiger partial charge < -0.3 is 14.2 Å². The van der Waals surface area contributed by atoms with E-state index in [0.29, 0.717) is 11.3 Å². The molecule has 30 heavy (non-hydrogen) atoms. The summed E-state index contributed by atoms with van der Waals surface area (Å²) in [5.41, 5.74) is 3.18. The molecule has 3 rings (SSSR count). The molecule has 1 aromatic heterocycles. The summed E-state index contributed by atoms with van der Waals surface area (Å²) in [7, 11) is 2.95. The van der Waals surface area contributed by atoms with Gasteiger partial charge in [-0.25, -0.2) is 5.43 Å². The van der Waals surface area contributed by atoms with Crippen molar-refractivity contribution in [2.24, 2.45) is 5.10 Å². The second-order valence-corrected chi connectivity index (χ2v) is 6.46. The minimum Gasteiger partial charge on any atom is -0.481 e. The average molecular weight is 447 g/mol. The Kier molecular flexibility index (Phi) is 7.05. The summed E-state index contributed by atoms with van der Waals surface area (Å²) in [5, 5.41) is 4.39. The van der Waals surface area contributed by atoms with E-state index in [1.807, 2.05) is 0 Å². The zero-order valence-electron chi connectivity index (χ0n) is 15.9. The van der Waals surface area contributed by atoms with Crippen LogP contribution in [0.3, 0.4) is 0 Å². The number of ether oxygens (including phenoxy) is 3. The smallest absolute Gasteiger partial charge is 0.328 e. The van der Waals surface area contributed by atoms with Crippen LogP contribution < -0.4 is 19.6 Å². The van der Waals surface area contributed by atoms with Crippen molar-refractivity contribution in [2.45, 2.75) is 0 Å². The third-order valence-electron chi connectivity index (χ3n) is 3.76. The maximum absolute atomic E-state index is 12.3. The summed E-state index contributed by atoms with van der Waals surface area (Å²) in [6.07, 6.45) is 1.42. The predicted octanol–water partition coefficient (Wildman–Crippen LogP) is 4.36. The average Bonchev–Trinajstić information content (AvgIpc) is 2.76. The maximum atomic E-state index is 12.3. The number of hydrogen-bond acceptors (Lipinski definition) is 7. The lowest BCUT2D eigenvalue weighted by Crippen LogP contribution is -2.18. The fourth-order valence-electron chi connectivity index (χ4n) is 2.32. The van der Waals surface area contributed by atoms with Gasteiger partial charge in [-0.15, -0.1) is 0 Å². The van der Waals surface area contributed by atoms with E-state index in [4.69, 9.17) is 37.4 Å². The quantitative estimate of drug-likeness (QED) is 0.427. The Morgan fingerprint density at radius 2 is 1.73 bits per heavy atom. The number of benzene rings is 2. The molecule has 0 spiro atoms. The van der Waals surface area contributed by atoms with Crippen LogP contribution in [0.5, 0.6) is 23.5 Å². The van der Waals surface area contributed by atoms with Crippen molar-refractivity contribution >= 4 is 35.3 Å². The number of rotatable bonds is 7. The number of nitrogens with one attached hydrogen (secondary N) is 1. The summed E-state index contributed by atoms with van der Waals surface area (Å²) in [4.78, 5) is 20.5. The molecule has 0 aliphatic rings. The van der Waals surface area contributed by atoms with Gasteiger partial charge in [-0.3, -0.25) is 4.79 Å². The zero-order chi connectivity index (χ0) is 21.5. The number of nitrogens with zero attached hydrogens (tertiary/aromatic N) is 3. The number of hydrogen-bond donors (Lipinski definition) is 1. The van der Waals surface area contributed by atoms with Gasteiger partial charge in [0.05, 0.1) is 42.1 Å². The lowest BCUT2D eigenvalue weighted by atomic mass is 10.2. The molecule has 1 heterocycles. The number of halogens is 2. The van der Waals surface area contributed by atoms with E-state index in [9.17, 15) is 4.79 Å². The fraction of sp³-hybridized carbons (Fsp3) is 0.100. The maximum Gasteiger partial charge on any atom is 0.328 e. The lowest BCUT2D eigenvalue weighted by Gasteiger charge is -2.09. The van der Waals surface area contributed by atoms with E-state index in [1.54, 1.807) is 42.5 Å². The molecule has 0 fully saturated rings. The van der Waals surface area contributed by atoms with Crippen molar-refractivity contribution in [3.8, 4) is 23.5 Å². The number of amides is 1. The third-order valence-corrected chi connectivity index (χ3v) is 4.58. The van der Waals surface area contributed by atoms with E-state index in [1.165, 1.54) is 26.5 Å². The molecule has 1 N–H and O–H groups in total. The van der Waals surface area contributed by atoms with Gasteiger partial charge in [-0.05, 0) is 24.3 Å². The summed E-state index contributed by atoms with van der Waals surface area (Å²) >= 11 is 12.0. The minimum atomic E-state index is -0.502. The van der Waals surface area contributed by atoms with Crippen LogP contribution in [0.4, 0.5) is 0 Å². The van der Waals surface area contributed by atoms with E-state index in [2.05, 4.69) is 20.5 Å². The van der Waals surface area contributed by atoms with Gasteiger partial charge in [0.2, 0.25) is 11.8 Å². The first-order valence-corrected chi connectivity index (χ1v) is 9.28. The highest BCUT2D eigenvalue weighted by Gasteiger charge is 2.12. The van der Waals surface area contributed by atoms with Crippen LogP contribution in [0.25, 0.3) is 0 Å². The minimum absolute atomic E-state index is 0.0294. The zero-order valence-corrected chi connectivity index (χ0v) is 17.4. The van der Waals surface area contributed by atoms with Crippen LogP contribution >= 0.6 is 23.2 Å². The highest BCUT2D eigenvalue weighted by Crippen LogP contribution is 2.26. The summed E-state index contributed by atoms with van der Waals surface area (Å²) in [5.74, 6) is 0.479. The molecule has 0 aliphatic carbocycles. The summed E-state index contributed by atoms with van der Waals surface area (Å²) in [6, 6.07) is 13.3. The van der Waals surface area contributed by atoms with Crippen LogP contribution in [0.2, 0.25) is 10.0 Å². The van der Waals surface area contributed by atoms with Crippen LogP contribution in [0, 0.1) is 0 Å². The molecule has 0 unspecified atom stereocenters. The van der Waals surface area contributed by atoms with E-state index in [-0.39, 0.29) is 33.4 Å². The molecule has 154 valence electrons. The van der Waals surface area contributed by atoms with Gasteiger partial charge >= 0.3 is 6.01 Å². The summed E-state index contributed by atoms with van der Waals surface area (Å²) in [6.45, 7) is 0. The number of carbonyl (C=O) groups excluding carboxylic acids is 1. The number of aromatic nitrogens is 2. The largest absolute Gasteiger partial charge is 0.481 e. The first-order chi connectivity index (χ1) is 14.5. The SMILES string of the molecule is COc1cc(OC)nc(Oc2ccccc2C=NNC(=O)c2cccc(Cl)c2Cl)n1. The molecule has 0 saturated heterocycles. The number of para-hydroxylation sites is 1. The van der Waals surface area contributed by atoms with Gasteiger partial charge in [-0.2, -0.15) is 15.1 Å². The molecule has 3 aromatic rings. The monoisotopic (exact) mass is 446 g/mol. The molecule has 0 bridgehead atoms. The highest BCUT2D eigenvalue weighted by molar-refractivity contribution is 6.43. The molecular weight excluding hydrogens is 431 g/mol. The van der Waals surface area contributed by atoms with Crippen molar-refractivity contribution in [3.63, 3.8) is 0 Å². The normalized spacial score (nSPS) is 10.7. The van der Waals surface area contributed by atoms with E-state index >= 15 is 0 Å². The van der Waals surface area contributed by atoms with Crippen molar-refractivity contribution in [1.82, 2.24) is 15.4 Å². The van der Waals surface area contributed by atoms with Gasteiger partial charge in [0.25, 0.3) is 5.91 Å².